The van der Waals surface area contributed by atoms with Crippen molar-refractivity contribution in [3.63, 3.8) is 0 Å². The van der Waals surface area contributed by atoms with Crippen LogP contribution in [-0.2, 0) is 13.2 Å². The van der Waals surface area contributed by atoms with E-state index in [9.17, 15) is 9.59 Å². The summed E-state index contributed by atoms with van der Waals surface area (Å²) in [6.45, 7) is 0.634. The van der Waals surface area contributed by atoms with Gasteiger partial charge in [0.25, 0.3) is 5.91 Å². The molecule has 5 aromatic rings. The Labute approximate surface area is 230 Å². The van der Waals surface area contributed by atoms with Crippen molar-refractivity contribution in [3.05, 3.63) is 140 Å². The first kappa shape index (κ1) is 24.8. The van der Waals surface area contributed by atoms with Gasteiger partial charge < -0.3 is 18.8 Å². The Morgan fingerprint density at radius 2 is 1.59 bits per heavy atom. The van der Waals surface area contributed by atoms with Crippen LogP contribution >= 0.6 is 11.6 Å². The summed E-state index contributed by atoms with van der Waals surface area (Å²) in [4.78, 5) is 29.2. The molecule has 4 aromatic carbocycles. The molecule has 1 atom stereocenters. The number of benzene rings is 4. The van der Waals surface area contributed by atoms with Crippen LogP contribution in [-0.4, -0.2) is 17.9 Å². The summed E-state index contributed by atoms with van der Waals surface area (Å²) in [7, 11) is 1.57. The van der Waals surface area contributed by atoms with Gasteiger partial charge in [-0.2, -0.15) is 0 Å². The first-order chi connectivity index (χ1) is 19.0. The van der Waals surface area contributed by atoms with Gasteiger partial charge in [0.05, 0.1) is 24.1 Å². The molecule has 0 bridgehead atoms. The molecule has 7 heteroatoms. The van der Waals surface area contributed by atoms with Gasteiger partial charge in [-0.1, -0.05) is 72.3 Å². The lowest BCUT2D eigenvalue weighted by molar-refractivity contribution is 0.0714. The van der Waals surface area contributed by atoms with Crippen molar-refractivity contribution in [1.82, 2.24) is 4.90 Å². The van der Waals surface area contributed by atoms with Crippen LogP contribution in [0.25, 0.3) is 11.0 Å². The second-order valence-corrected chi connectivity index (χ2v) is 9.75. The van der Waals surface area contributed by atoms with Gasteiger partial charge in [-0.05, 0) is 53.1 Å². The zero-order valence-corrected chi connectivity index (χ0v) is 21.9. The van der Waals surface area contributed by atoms with Gasteiger partial charge in [0.15, 0.2) is 16.9 Å². The smallest absolute Gasteiger partial charge is 0.291 e. The highest BCUT2D eigenvalue weighted by molar-refractivity contribution is 6.30. The number of hydrogen-bond acceptors (Lipinski definition) is 5. The molecular weight excluding hydrogens is 514 g/mol. The number of rotatable bonds is 7. The van der Waals surface area contributed by atoms with E-state index in [-0.39, 0.29) is 23.6 Å². The minimum Gasteiger partial charge on any atom is -0.493 e. The second kappa shape index (κ2) is 10.3. The van der Waals surface area contributed by atoms with Crippen LogP contribution < -0.4 is 14.9 Å². The van der Waals surface area contributed by atoms with Crippen LogP contribution in [0.3, 0.4) is 0 Å². The lowest BCUT2D eigenvalue weighted by Gasteiger charge is -2.26. The summed E-state index contributed by atoms with van der Waals surface area (Å²) in [5, 5.41) is 1.03. The van der Waals surface area contributed by atoms with E-state index >= 15 is 0 Å². The van der Waals surface area contributed by atoms with E-state index in [4.69, 9.17) is 25.5 Å². The van der Waals surface area contributed by atoms with Crippen LogP contribution in [0.5, 0.6) is 11.5 Å². The molecule has 1 aliphatic rings. The van der Waals surface area contributed by atoms with E-state index in [0.717, 1.165) is 11.1 Å². The molecule has 0 saturated heterocycles. The highest BCUT2D eigenvalue weighted by Gasteiger charge is 2.43. The third kappa shape index (κ3) is 4.64. The van der Waals surface area contributed by atoms with Crippen molar-refractivity contribution in [3.8, 4) is 11.5 Å². The standard InChI is InChI=1S/C32H24ClNO5/c1-37-27-17-22(13-16-26(27)38-19-21-7-3-2-4-8-21)29-28-30(35)24-9-5-6-10-25(24)39-31(28)32(36)34(29)18-20-11-14-23(33)15-12-20/h2-17,29H,18-19H2,1H3. The Morgan fingerprint density at radius 1 is 0.846 bits per heavy atom. The van der Waals surface area contributed by atoms with E-state index in [1.54, 1.807) is 48.4 Å². The Balaban J connectivity index is 1.44. The number of ether oxygens (including phenoxy) is 2. The van der Waals surface area contributed by atoms with Crippen molar-refractivity contribution in [1.29, 1.82) is 0 Å². The van der Waals surface area contributed by atoms with Crippen LogP contribution in [0.4, 0.5) is 0 Å². The first-order valence-corrected chi connectivity index (χ1v) is 12.9. The molecule has 0 saturated carbocycles. The Morgan fingerprint density at radius 3 is 2.36 bits per heavy atom. The summed E-state index contributed by atoms with van der Waals surface area (Å²) < 4.78 is 17.7. The van der Waals surface area contributed by atoms with Crippen molar-refractivity contribution in [2.45, 2.75) is 19.2 Å². The van der Waals surface area contributed by atoms with Crippen molar-refractivity contribution < 1.29 is 18.7 Å². The van der Waals surface area contributed by atoms with Gasteiger partial charge in [-0.25, -0.2) is 0 Å². The van der Waals surface area contributed by atoms with E-state index in [2.05, 4.69) is 0 Å². The molecule has 194 valence electrons. The summed E-state index contributed by atoms with van der Waals surface area (Å²) in [5.41, 5.74) is 3.07. The van der Waals surface area contributed by atoms with E-state index in [0.29, 0.717) is 45.2 Å². The maximum atomic E-state index is 13.8. The SMILES string of the molecule is COc1cc(C2c3c(oc4ccccc4c3=O)C(=O)N2Cc2ccc(Cl)cc2)ccc1OCc1ccccc1. The lowest BCUT2D eigenvalue weighted by atomic mass is 9.97. The maximum absolute atomic E-state index is 13.8. The number of methoxy groups -OCH3 is 1. The fourth-order valence-electron chi connectivity index (χ4n) is 4.97. The molecule has 0 spiro atoms. The lowest BCUT2D eigenvalue weighted by Crippen LogP contribution is -2.29. The predicted octanol–water partition coefficient (Wildman–Crippen LogP) is 6.78. The van der Waals surface area contributed by atoms with E-state index in [1.807, 2.05) is 60.7 Å². The molecule has 1 amide bonds. The highest BCUT2D eigenvalue weighted by atomic mass is 35.5. The Hall–Kier alpha value is -4.55. The molecule has 1 aliphatic heterocycles. The van der Waals surface area contributed by atoms with Crippen LogP contribution in [0.2, 0.25) is 5.02 Å². The molecule has 0 radical (unpaired) electrons. The molecule has 0 fully saturated rings. The largest absolute Gasteiger partial charge is 0.493 e. The monoisotopic (exact) mass is 537 g/mol. The fourth-order valence-corrected chi connectivity index (χ4v) is 5.10. The minimum atomic E-state index is -0.680. The summed E-state index contributed by atoms with van der Waals surface area (Å²) >= 11 is 6.09. The van der Waals surface area contributed by atoms with Gasteiger partial charge in [0.2, 0.25) is 5.76 Å². The number of carbonyl (C=O) groups is 1. The predicted molar refractivity (Wildman–Crippen MR) is 149 cm³/mol. The first-order valence-electron chi connectivity index (χ1n) is 12.5. The third-order valence-corrected chi connectivity index (χ3v) is 7.13. The molecule has 6 nitrogen and oxygen atoms in total. The summed E-state index contributed by atoms with van der Waals surface area (Å²) in [6, 6.07) is 28.9. The maximum Gasteiger partial charge on any atom is 0.291 e. The number of fused-ring (bicyclic) bond motifs is 2. The van der Waals surface area contributed by atoms with Gasteiger partial charge in [-0.15, -0.1) is 0 Å². The van der Waals surface area contributed by atoms with Gasteiger partial charge in [0, 0.05) is 11.6 Å². The van der Waals surface area contributed by atoms with Crippen molar-refractivity contribution >= 4 is 28.5 Å². The second-order valence-electron chi connectivity index (χ2n) is 9.32. The number of hydrogen-bond donors (Lipinski definition) is 0. The quantitative estimate of drug-likeness (QED) is 0.229. The molecule has 39 heavy (non-hydrogen) atoms. The normalized spacial score (nSPS) is 14.5. The third-order valence-electron chi connectivity index (χ3n) is 6.88. The summed E-state index contributed by atoms with van der Waals surface area (Å²) in [5.74, 6) is 0.766. The summed E-state index contributed by atoms with van der Waals surface area (Å²) in [6.07, 6.45) is 0. The number of nitrogens with zero attached hydrogens (tertiary/aromatic N) is 1. The van der Waals surface area contributed by atoms with E-state index < -0.39 is 6.04 Å². The minimum absolute atomic E-state index is 0.0565. The average molecular weight is 538 g/mol. The van der Waals surface area contributed by atoms with Crippen LogP contribution in [0.1, 0.15) is 38.9 Å². The Bertz CT molecular complexity index is 1730. The number of amides is 1. The Kier molecular flexibility index (Phi) is 6.55. The number of para-hydroxylation sites is 1. The molecule has 1 aromatic heterocycles. The van der Waals surface area contributed by atoms with Crippen molar-refractivity contribution in [2.24, 2.45) is 0 Å². The van der Waals surface area contributed by atoms with Crippen LogP contribution in [0, 0.1) is 0 Å². The molecule has 2 heterocycles. The zero-order chi connectivity index (χ0) is 26.9. The topological polar surface area (TPSA) is 69.0 Å². The fraction of sp³-hybridized carbons (Fsp3) is 0.125. The molecule has 1 unspecified atom stereocenters. The van der Waals surface area contributed by atoms with Gasteiger partial charge in [0.1, 0.15) is 12.2 Å². The van der Waals surface area contributed by atoms with E-state index in [1.165, 1.54) is 0 Å². The average Bonchev–Trinajstić information content (AvgIpc) is 3.24. The molecule has 6 rings (SSSR count). The molecule has 0 N–H and O–H groups in total. The zero-order valence-electron chi connectivity index (χ0n) is 21.1. The van der Waals surface area contributed by atoms with Crippen LogP contribution in [0.15, 0.2) is 106 Å². The number of halogens is 1. The molecule has 0 aliphatic carbocycles. The van der Waals surface area contributed by atoms with Gasteiger partial charge >= 0.3 is 0 Å². The number of carbonyl (C=O) groups excluding carboxylic acids is 1. The highest BCUT2D eigenvalue weighted by Crippen LogP contribution is 2.42. The van der Waals surface area contributed by atoms with Crippen molar-refractivity contribution in [2.75, 3.05) is 7.11 Å². The molecular formula is C32H24ClNO5. The van der Waals surface area contributed by atoms with Gasteiger partial charge in [-0.3, -0.25) is 9.59 Å².